The van der Waals surface area contributed by atoms with Crippen LogP contribution in [-0.2, 0) is 4.74 Å². The zero-order valence-corrected chi connectivity index (χ0v) is 17.2. The van der Waals surface area contributed by atoms with Gasteiger partial charge in [-0.15, -0.1) is 0 Å². The molecule has 2 heteroatoms. The zero-order valence-electron chi connectivity index (χ0n) is 17.2. The highest BCUT2D eigenvalue weighted by Crippen LogP contribution is 2.28. The van der Waals surface area contributed by atoms with E-state index in [1.807, 2.05) is 0 Å². The van der Waals surface area contributed by atoms with Gasteiger partial charge in [-0.05, 0) is 30.6 Å². The van der Waals surface area contributed by atoms with E-state index in [0.29, 0.717) is 11.5 Å². The fraction of sp³-hybridized carbons (Fsp3) is 0.955. The third kappa shape index (κ3) is 11.1. The van der Waals surface area contributed by atoms with E-state index in [-0.39, 0.29) is 0 Å². The minimum absolute atomic E-state index is 0.343. The van der Waals surface area contributed by atoms with E-state index in [1.54, 1.807) is 0 Å². The first-order valence-electron chi connectivity index (χ1n) is 10.6. The van der Waals surface area contributed by atoms with E-state index in [1.165, 1.54) is 64.2 Å². The molecule has 0 N–H and O–H groups in total. The fourth-order valence-corrected chi connectivity index (χ4v) is 3.90. The average Bonchev–Trinajstić information content (AvgIpc) is 2.91. The van der Waals surface area contributed by atoms with Crippen molar-refractivity contribution in [1.82, 2.24) is 0 Å². The van der Waals surface area contributed by atoms with Crippen LogP contribution in [0.3, 0.4) is 0 Å². The highest BCUT2D eigenvalue weighted by molar-refractivity contribution is 5.77. The van der Waals surface area contributed by atoms with Gasteiger partial charge in [0.15, 0.2) is 5.90 Å². The summed E-state index contributed by atoms with van der Waals surface area (Å²) in [6.45, 7) is 12.5. The molecular formula is C22H43NO. The van der Waals surface area contributed by atoms with Crippen molar-refractivity contribution in [2.45, 2.75) is 118 Å². The number of aliphatic imine (C=N–C) groups is 1. The van der Waals surface area contributed by atoms with E-state index < -0.39 is 0 Å². The fourth-order valence-electron chi connectivity index (χ4n) is 3.90. The van der Waals surface area contributed by atoms with Gasteiger partial charge in [-0.25, -0.2) is 0 Å². The number of ether oxygens (including phenoxy) is 1. The van der Waals surface area contributed by atoms with Crippen molar-refractivity contribution in [1.29, 1.82) is 0 Å². The summed E-state index contributed by atoms with van der Waals surface area (Å²) in [4.78, 5) is 4.63. The average molecular weight is 338 g/mol. The van der Waals surface area contributed by atoms with Gasteiger partial charge in [-0.1, -0.05) is 86.0 Å². The topological polar surface area (TPSA) is 21.6 Å². The first-order chi connectivity index (χ1) is 11.4. The number of rotatable bonds is 13. The number of hydrogen-bond donors (Lipinski definition) is 0. The van der Waals surface area contributed by atoms with Crippen LogP contribution in [0, 0.1) is 11.3 Å². The smallest absolute Gasteiger partial charge is 0.183 e. The molecule has 142 valence electrons. The van der Waals surface area contributed by atoms with Crippen molar-refractivity contribution in [2.75, 3.05) is 6.54 Å². The molecule has 1 heterocycles. The molecule has 0 fully saturated rings. The number of hydrogen-bond acceptors (Lipinski definition) is 2. The zero-order chi connectivity index (χ0) is 17.8. The summed E-state index contributed by atoms with van der Waals surface area (Å²) in [5, 5.41) is 0. The standard InChI is InChI=1S/C22H43NO/c1-6-7-8-9-10-11-12-13-14-15-21-23-18-20(24-21)16-19(2)17-22(3,4)5/h19-20H,6-18H2,1-5H3/t19-,20+/m1/s1. The summed E-state index contributed by atoms with van der Waals surface area (Å²) in [7, 11) is 0. The van der Waals surface area contributed by atoms with E-state index in [9.17, 15) is 0 Å². The van der Waals surface area contributed by atoms with Gasteiger partial charge in [0.25, 0.3) is 0 Å². The molecular weight excluding hydrogens is 294 g/mol. The molecule has 0 aromatic rings. The molecule has 1 rings (SSSR count). The van der Waals surface area contributed by atoms with Crippen LogP contribution < -0.4 is 0 Å². The van der Waals surface area contributed by atoms with Gasteiger partial charge in [0.1, 0.15) is 6.10 Å². The van der Waals surface area contributed by atoms with Gasteiger partial charge >= 0.3 is 0 Å². The largest absolute Gasteiger partial charge is 0.476 e. The van der Waals surface area contributed by atoms with Crippen molar-refractivity contribution in [3.05, 3.63) is 0 Å². The first-order valence-corrected chi connectivity index (χ1v) is 10.6. The minimum Gasteiger partial charge on any atom is -0.476 e. The van der Waals surface area contributed by atoms with Gasteiger partial charge in [-0.3, -0.25) is 4.99 Å². The van der Waals surface area contributed by atoms with Crippen molar-refractivity contribution < 1.29 is 4.74 Å². The second-order valence-corrected chi connectivity index (χ2v) is 9.16. The van der Waals surface area contributed by atoms with Crippen molar-refractivity contribution in [3.63, 3.8) is 0 Å². The lowest BCUT2D eigenvalue weighted by Gasteiger charge is -2.24. The number of nitrogens with zero attached hydrogens (tertiary/aromatic N) is 1. The maximum absolute atomic E-state index is 6.07. The van der Waals surface area contributed by atoms with Gasteiger partial charge in [-0.2, -0.15) is 0 Å². The van der Waals surface area contributed by atoms with Crippen LogP contribution in [0.25, 0.3) is 0 Å². The molecule has 2 nitrogen and oxygen atoms in total. The highest BCUT2D eigenvalue weighted by Gasteiger charge is 2.24. The third-order valence-electron chi connectivity index (χ3n) is 4.89. The Kier molecular flexibility index (Phi) is 10.7. The van der Waals surface area contributed by atoms with Crippen LogP contribution in [-0.4, -0.2) is 18.5 Å². The SMILES string of the molecule is CCCCCCCCCCCC1=NC[C@H](C[C@@H](C)CC(C)(C)C)O1. The van der Waals surface area contributed by atoms with Crippen LogP contribution in [0.2, 0.25) is 0 Å². The Morgan fingerprint density at radius 2 is 1.58 bits per heavy atom. The Labute approximate surface area is 151 Å². The third-order valence-corrected chi connectivity index (χ3v) is 4.89. The van der Waals surface area contributed by atoms with Crippen molar-refractivity contribution in [2.24, 2.45) is 16.3 Å². The second-order valence-electron chi connectivity index (χ2n) is 9.16. The molecule has 0 aromatic carbocycles. The normalized spacial score (nSPS) is 19.2. The Bertz CT molecular complexity index is 342. The van der Waals surface area contributed by atoms with Gasteiger partial charge in [0.05, 0.1) is 6.54 Å². The van der Waals surface area contributed by atoms with Crippen molar-refractivity contribution >= 4 is 5.90 Å². The molecule has 24 heavy (non-hydrogen) atoms. The maximum atomic E-state index is 6.07. The van der Waals surface area contributed by atoms with Gasteiger partial charge in [0.2, 0.25) is 0 Å². The van der Waals surface area contributed by atoms with Crippen LogP contribution in [0.1, 0.15) is 112 Å². The summed E-state index contributed by atoms with van der Waals surface area (Å²) in [6.07, 6.45) is 16.2. The molecule has 0 unspecified atom stereocenters. The molecule has 0 amide bonds. The minimum atomic E-state index is 0.343. The summed E-state index contributed by atoms with van der Waals surface area (Å²) in [6, 6.07) is 0. The summed E-state index contributed by atoms with van der Waals surface area (Å²) < 4.78 is 6.07. The molecule has 0 aliphatic carbocycles. The molecule has 0 spiro atoms. The molecule has 1 aliphatic rings. The van der Waals surface area contributed by atoms with E-state index in [2.05, 4.69) is 39.6 Å². The molecule has 0 bridgehead atoms. The molecule has 1 aliphatic heterocycles. The van der Waals surface area contributed by atoms with E-state index in [0.717, 1.165) is 31.2 Å². The van der Waals surface area contributed by atoms with E-state index in [4.69, 9.17) is 4.74 Å². The summed E-state index contributed by atoms with van der Waals surface area (Å²) in [5.74, 6) is 1.75. The Balaban J connectivity index is 1.99. The Morgan fingerprint density at radius 3 is 2.17 bits per heavy atom. The highest BCUT2D eigenvalue weighted by atomic mass is 16.5. The van der Waals surface area contributed by atoms with Gasteiger partial charge in [0, 0.05) is 6.42 Å². The maximum Gasteiger partial charge on any atom is 0.183 e. The quantitative estimate of drug-likeness (QED) is 0.326. The Morgan fingerprint density at radius 1 is 1.00 bits per heavy atom. The molecule has 0 saturated carbocycles. The van der Waals surface area contributed by atoms with E-state index >= 15 is 0 Å². The molecule has 2 atom stereocenters. The molecule has 0 aromatic heterocycles. The lowest BCUT2D eigenvalue weighted by atomic mass is 9.83. The predicted octanol–water partition coefficient (Wildman–Crippen LogP) is 7.17. The van der Waals surface area contributed by atoms with Crippen LogP contribution >= 0.6 is 0 Å². The lowest BCUT2D eigenvalue weighted by molar-refractivity contribution is 0.167. The predicted molar refractivity (Wildman–Crippen MR) is 107 cm³/mol. The molecule has 0 radical (unpaired) electrons. The Hall–Kier alpha value is -0.530. The first kappa shape index (κ1) is 21.5. The monoisotopic (exact) mass is 337 g/mol. The van der Waals surface area contributed by atoms with Gasteiger partial charge < -0.3 is 4.74 Å². The lowest BCUT2D eigenvalue weighted by Crippen LogP contribution is -2.20. The summed E-state index contributed by atoms with van der Waals surface area (Å²) >= 11 is 0. The molecule has 0 saturated heterocycles. The van der Waals surface area contributed by atoms with Crippen LogP contribution in [0.5, 0.6) is 0 Å². The van der Waals surface area contributed by atoms with Crippen molar-refractivity contribution in [3.8, 4) is 0 Å². The number of unbranched alkanes of at least 4 members (excludes halogenated alkanes) is 8. The van der Waals surface area contributed by atoms with Crippen LogP contribution in [0.15, 0.2) is 4.99 Å². The summed E-state index contributed by atoms with van der Waals surface area (Å²) in [5.41, 5.74) is 0.415. The second kappa shape index (κ2) is 11.9. The van der Waals surface area contributed by atoms with Crippen LogP contribution in [0.4, 0.5) is 0 Å².